The van der Waals surface area contributed by atoms with Crippen molar-refractivity contribution in [1.82, 2.24) is 10.3 Å². The molecule has 4 N–H and O–H groups in total. The van der Waals surface area contributed by atoms with E-state index in [9.17, 15) is 15.1 Å². The van der Waals surface area contributed by atoms with Crippen molar-refractivity contribution in [3.8, 4) is 44.8 Å². The average molecular weight is 1790 g/mol. The molecule has 1 fully saturated rings. The van der Waals surface area contributed by atoms with Crippen LogP contribution in [0.5, 0.6) is 0 Å². The summed E-state index contributed by atoms with van der Waals surface area (Å²) in [5, 5.41) is 36.0. The van der Waals surface area contributed by atoms with E-state index in [1.54, 1.807) is 13.8 Å². The van der Waals surface area contributed by atoms with E-state index in [0.29, 0.717) is 13.0 Å². The van der Waals surface area contributed by atoms with Gasteiger partial charge >= 0.3 is 16.4 Å². The summed E-state index contributed by atoms with van der Waals surface area (Å²) in [7, 11) is -4.67. The number of oxime groups is 2. The first kappa shape index (κ1) is 107. The Balaban J connectivity index is -0.00000121. The Hall–Kier alpha value is -5.20. The molecule has 16 nitrogen and oxygen atoms in total. The molecule has 572 valence electrons. The maximum atomic E-state index is 10.6. The van der Waals surface area contributed by atoms with Crippen molar-refractivity contribution in [1.29, 1.82) is 0 Å². The van der Waals surface area contributed by atoms with Crippen LogP contribution in [0.1, 0.15) is 180 Å². The number of esters is 1. The monoisotopic (exact) mass is 1790 g/mol. The number of aliphatic hydroxyl groups is 1. The topological polar surface area (TPSA) is 237 Å². The van der Waals surface area contributed by atoms with Crippen molar-refractivity contribution < 1.29 is 187 Å². The van der Waals surface area contributed by atoms with Gasteiger partial charge in [-0.3, -0.25) is 13.9 Å². The molecule has 4 aliphatic carbocycles. The van der Waals surface area contributed by atoms with Gasteiger partial charge < -0.3 is 63.4 Å². The summed E-state index contributed by atoms with van der Waals surface area (Å²) in [6.07, 6.45) is 7.78. The fourth-order valence-electron chi connectivity index (χ4n) is 12.3. The van der Waals surface area contributed by atoms with Gasteiger partial charge in [-0.2, -0.15) is 8.42 Å². The molecule has 0 spiro atoms. The Morgan fingerprint density at radius 3 is 1.25 bits per heavy atom. The van der Waals surface area contributed by atoms with Gasteiger partial charge in [0, 0.05) is 193 Å². The predicted molar refractivity (Wildman–Crippen MR) is 426 cm³/mol. The van der Waals surface area contributed by atoms with E-state index in [-0.39, 0.29) is 172 Å². The normalized spacial score (nSPS) is 14.2. The zero-order chi connectivity index (χ0) is 72.8. The summed E-state index contributed by atoms with van der Waals surface area (Å²) in [6, 6.07) is 66.9. The van der Waals surface area contributed by atoms with Gasteiger partial charge in [-0.15, -0.1) is 0 Å². The number of benzene rings is 8. The van der Waals surface area contributed by atoms with E-state index in [1.165, 1.54) is 97.7 Å². The van der Waals surface area contributed by atoms with Gasteiger partial charge in [0.2, 0.25) is 5.79 Å². The summed E-state index contributed by atoms with van der Waals surface area (Å²) in [6.45, 7) is 27.4. The number of rotatable bonds is 2. The number of fused-ring (bicyclic) bond motifs is 17. The van der Waals surface area contributed by atoms with Gasteiger partial charge in [0.25, 0.3) is 0 Å². The van der Waals surface area contributed by atoms with Crippen molar-refractivity contribution in [3.63, 3.8) is 0 Å². The molecule has 4 heterocycles. The molecule has 8 aromatic carbocycles. The quantitative estimate of drug-likeness (QED) is 0.0414. The molecule has 108 heavy (non-hydrogen) atoms. The van der Waals surface area contributed by atoms with Crippen LogP contribution in [0.25, 0.3) is 44.8 Å². The molecule has 21 heteroatoms. The largest absolute Gasteiger partial charge is 0.466 e. The van der Waals surface area contributed by atoms with Gasteiger partial charge in [0.05, 0.1) is 29.4 Å². The van der Waals surface area contributed by atoms with Gasteiger partial charge in [0.1, 0.15) is 28.6 Å². The second-order valence-corrected chi connectivity index (χ2v) is 23.6. The molecule has 1 saturated heterocycles. The minimum Gasteiger partial charge on any atom is -0.466 e. The standard InChI is InChI=1S/C18H15NO.C17H15NO2.C17H13NO.C15H13NO.C4H8O2.C4H8O.4C2H6.4CH3.H2O4S.4Y/c1-2-16-17-14-9-5-3-7-12(14)11-13-8-4-6-10-15(13)18(17)19-20-16;1-17(19)15-13-8-4-2-6-11(13)10-12-7-3-5-9-14(12)16(15)18-20-17;1-11-16-14-8-4-2-6-12(14)10-13-7-3-5-9-15(13)17(16)18-19-11;17-16-15-10-12-6-2-1-5-11(12)9-13-7-3-4-8-14(13)15;1-3-6-4(2)5;1-2-4-5-3-1;4*1-2;;;;;1-5(2,3)4;;;;/h3-10H,2,11H2,1H3;2-9,15,19H,10H2,1H3;2-9H,10H2,1H3;1-8,17H,9-10H2;3H2,1-2H3;1-4H2;4*1-2H3;4*1H3;(H2,1,2,3,4);;;;/q;;;;;;;;;;4*-1;;;;;/b;;;16-15+;;;;;;;;;;;;;;;. The Bertz CT molecular complexity index is 4400. The van der Waals surface area contributed by atoms with Crippen molar-refractivity contribution in [3.05, 3.63) is 302 Å². The smallest absolute Gasteiger partial charge is 0.394 e. The number of carbonyl (C=O) groups is 1. The number of aryl methyl sites for hydroxylation is 2. The van der Waals surface area contributed by atoms with E-state index < -0.39 is 16.2 Å². The summed E-state index contributed by atoms with van der Waals surface area (Å²) in [5.41, 5.74) is 25.5. The van der Waals surface area contributed by atoms with E-state index >= 15 is 0 Å². The first-order chi connectivity index (χ1) is 48.5. The number of ether oxygens (including phenoxy) is 2. The summed E-state index contributed by atoms with van der Waals surface area (Å²) in [4.78, 5) is 15.1. The van der Waals surface area contributed by atoms with Crippen LogP contribution in [0.4, 0.5) is 0 Å². The summed E-state index contributed by atoms with van der Waals surface area (Å²) < 4.78 is 52.0. The molecule has 2 unspecified atom stereocenters. The van der Waals surface area contributed by atoms with Crippen LogP contribution in [0.2, 0.25) is 0 Å². The Morgan fingerprint density at radius 1 is 0.500 bits per heavy atom. The molecule has 4 radical (unpaired) electrons. The van der Waals surface area contributed by atoms with Crippen molar-refractivity contribution in [2.24, 2.45) is 10.3 Å². The van der Waals surface area contributed by atoms with Crippen molar-refractivity contribution >= 4 is 27.8 Å². The number of aromatic nitrogens is 2. The number of nitrogens with zero attached hydrogens (tertiary/aromatic N) is 4. The van der Waals surface area contributed by atoms with Gasteiger partial charge in [-0.1, -0.05) is 277 Å². The second kappa shape index (κ2) is 55.3. The average Bonchev–Trinajstić information content (AvgIpc) is 1.61. The Morgan fingerprint density at radius 2 is 0.833 bits per heavy atom. The molecular formula is C87H110N4O12SY4-4. The van der Waals surface area contributed by atoms with E-state index in [4.69, 9.17) is 36.1 Å². The van der Waals surface area contributed by atoms with Crippen LogP contribution in [-0.4, -0.2) is 81.2 Å². The molecule has 2 aliphatic heterocycles. The van der Waals surface area contributed by atoms with Gasteiger partial charge in [0.15, 0.2) is 0 Å². The van der Waals surface area contributed by atoms with Gasteiger partial charge in [-0.05, 0) is 119 Å². The van der Waals surface area contributed by atoms with E-state index in [2.05, 4.69) is 178 Å². The third-order valence-corrected chi connectivity index (χ3v) is 16.5. The third kappa shape index (κ3) is 29.4. The Labute approximate surface area is 746 Å². The van der Waals surface area contributed by atoms with E-state index in [1.807, 2.05) is 111 Å². The molecule has 16 rings (SSSR count). The molecule has 0 bridgehead atoms. The summed E-state index contributed by atoms with van der Waals surface area (Å²) in [5.74, 6) is 0.131. The minimum absolute atomic E-state index is 0. The molecule has 6 aliphatic rings. The molecule has 2 atom stereocenters. The van der Waals surface area contributed by atoms with Crippen molar-refractivity contribution in [2.45, 2.75) is 153 Å². The number of hydrogen-bond acceptors (Lipinski definition) is 14. The zero-order valence-corrected chi connectivity index (χ0v) is 78.6. The molecule has 10 aromatic rings. The van der Waals surface area contributed by atoms with Gasteiger partial charge in [-0.25, -0.2) is 0 Å². The SMILES string of the molecule is C1CCOC1.CC.CC.CC.CC.CC1(O)ON=C2c3ccccc3Cc3ccccc3C21.CCOC(C)=O.CCc1onc2c1-c1ccccc1Cc1ccccc1-2.Cc1onc2c1-c1ccccc1Cc1ccccc1-2.O/N=C1\Cc2ccccc2Cc2ccccc21.O=S(=O)(O)O.[CH3-].[CH3-].[CH3-].[CH3-].[Y].[Y].[Y].[Y]. The van der Waals surface area contributed by atoms with E-state index in [0.717, 1.165) is 102 Å². The number of carbonyl (C=O) groups excluding carboxylic acids is 1. The maximum Gasteiger partial charge on any atom is 0.394 e. The third-order valence-electron chi connectivity index (χ3n) is 16.5. The minimum atomic E-state index is -4.67. The fourth-order valence-corrected chi connectivity index (χ4v) is 12.3. The van der Waals surface area contributed by atoms with Crippen LogP contribution >= 0.6 is 0 Å². The maximum absolute atomic E-state index is 10.6. The molecule has 0 amide bonds. The first-order valence-corrected chi connectivity index (χ1v) is 36.1. The van der Waals surface area contributed by atoms with Crippen molar-refractivity contribution in [2.75, 3.05) is 19.8 Å². The van der Waals surface area contributed by atoms with Crippen LogP contribution in [0, 0.1) is 36.6 Å². The Kier molecular flexibility index (Phi) is 54.7. The second-order valence-electron chi connectivity index (χ2n) is 22.7. The van der Waals surface area contributed by atoms with Crippen LogP contribution in [0.15, 0.2) is 213 Å². The summed E-state index contributed by atoms with van der Waals surface area (Å²) >= 11 is 0. The van der Waals surface area contributed by atoms with Crippen LogP contribution in [0.3, 0.4) is 0 Å². The molecule has 0 saturated carbocycles. The first-order valence-electron chi connectivity index (χ1n) is 34.7. The fraction of sp³-hybridized carbons (Fsp3) is 0.299. The van der Waals surface area contributed by atoms with Crippen LogP contribution in [-0.2, 0) is 199 Å². The number of hydrogen-bond donors (Lipinski definition) is 4. The molecule has 2 aromatic heterocycles. The molecular weight excluding hydrogens is 1680 g/mol. The van der Waals surface area contributed by atoms with Crippen LogP contribution < -0.4 is 0 Å². The predicted octanol–water partition coefficient (Wildman–Crippen LogP) is 21.1. The zero-order valence-electron chi connectivity index (χ0n) is 66.4.